The van der Waals surface area contributed by atoms with Gasteiger partial charge in [0, 0.05) is 22.3 Å². The van der Waals surface area contributed by atoms with Crippen molar-refractivity contribution in [3.8, 4) is 17.2 Å². The van der Waals surface area contributed by atoms with Gasteiger partial charge in [0.2, 0.25) is 0 Å². The van der Waals surface area contributed by atoms with Gasteiger partial charge in [-0.1, -0.05) is 34.8 Å². The minimum atomic E-state index is 0.222. The normalized spacial score (nSPS) is 10.0. The molecule has 1 aromatic carbocycles. The van der Waals surface area contributed by atoms with Crippen molar-refractivity contribution in [1.29, 1.82) is 5.26 Å². The zero-order valence-corrected chi connectivity index (χ0v) is 10.6. The molecule has 0 aliphatic heterocycles. The summed E-state index contributed by atoms with van der Waals surface area (Å²) < 4.78 is 0. The van der Waals surface area contributed by atoms with Crippen LogP contribution in [0.25, 0.3) is 11.1 Å². The second kappa shape index (κ2) is 4.89. The topological polar surface area (TPSA) is 49.6 Å². The Balaban J connectivity index is 2.73. The van der Waals surface area contributed by atoms with Gasteiger partial charge < -0.3 is 0 Å². The van der Waals surface area contributed by atoms with Crippen molar-refractivity contribution in [3.63, 3.8) is 0 Å². The molecule has 0 amide bonds. The predicted molar refractivity (Wildman–Crippen MR) is 67.2 cm³/mol. The smallest absolute Gasteiger partial charge is 0.151 e. The van der Waals surface area contributed by atoms with Crippen molar-refractivity contribution in [2.24, 2.45) is 0 Å². The second-order valence-electron chi connectivity index (χ2n) is 3.15. The summed E-state index contributed by atoms with van der Waals surface area (Å²) in [6.45, 7) is 0. The van der Waals surface area contributed by atoms with Gasteiger partial charge in [0.05, 0.1) is 10.0 Å². The highest BCUT2D eigenvalue weighted by molar-refractivity contribution is 6.45. The van der Waals surface area contributed by atoms with Crippen LogP contribution in [0.2, 0.25) is 15.1 Å². The Hall–Kier alpha value is -1.34. The lowest BCUT2D eigenvalue weighted by Crippen LogP contribution is -1.91. The molecular formula is C11H4Cl3N3. The van der Waals surface area contributed by atoms with Gasteiger partial charge in [-0.05, 0) is 12.1 Å². The zero-order valence-electron chi connectivity index (χ0n) is 8.28. The number of rotatable bonds is 1. The predicted octanol–water partition coefficient (Wildman–Crippen LogP) is 3.98. The maximum absolute atomic E-state index is 8.96. The Labute approximate surface area is 113 Å². The summed E-state index contributed by atoms with van der Waals surface area (Å²) in [6.07, 6.45) is 2.79. The Bertz CT molecular complexity index is 620. The van der Waals surface area contributed by atoms with Crippen molar-refractivity contribution in [2.45, 2.75) is 0 Å². The number of nitriles is 1. The first-order valence-corrected chi connectivity index (χ1v) is 5.62. The maximum atomic E-state index is 8.96. The van der Waals surface area contributed by atoms with Crippen LogP contribution < -0.4 is 0 Å². The van der Waals surface area contributed by atoms with Crippen LogP contribution >= 0.6 is 34.8 Å². The summed E-state index contributed by atoms with van der Waals surface area (Å²) in [4.78, 5) is 7.72. The number of benzene rings is 1. The van der Waals surface area contributed by atoms with Crippen molar-refractivity contribution in [3.05, 3.63) is 45.4 Å². The summed E-state index contributed by atoms with van der Waals surface area (Å²) in [5.41, 5.74) is 1.27. The van der Waals surface area contributed by atoms with Gasteiger partial charge in [-0.15, -0.1) is 0 Å². The average Bonchev–Trinajstić information content (AvgIpc) is 2.33. The van der Waals surface area contributed by atoms with E-state index >= 15 is 0 Å². The number of nitrogens with zero attached hydrogens (tertiary/aromatic N) is 3. The Morgan fingerprint density at radius 1 is 1.12 bits per heavy atom. The zero-order chi connectivity index (χ0) is 12.4. The SMILES string of the molecule is N#Cc1ncncc1-c1cc(Cl)cc(Cl)c1Cl. The molecule has 0 atom stereocenters. The highest BCUT2D eigenvalue weighted by atomic mass is 35.5. The van der Waals surface area contributed by atoms with Crippen LogP contribution in [0, 0.1) is 11.3 Å². The molecule has 84 valence electrons. The molecule has 2 rings (SSSR count). The third kappa shape index (κ3) is 2.34. The molecule has 0 radical (unpaired) electrons. The van der Waals surface area contributed by atoms with Crippen LogP contribution in [0.3, 0.4) is 0 Å². The monoisotopic (exact) mass is 283 g/mol. The molecule has 0 bridgehead atoms. The van der Waals surface area contributed by atoms with E-state index < -0.39 is 0 Å². The average molecular weight is 285 g/mol. The van der Waals surface area contributed by atoms with E-state index in [1.54, 1.807) is 6.07 Å². The standard InChI is InChI=1S/C11H4Cl3N3/c12-6-1-7(11(14)9(13)2-6)8-4-16-5-17-10(8)3-15/h1-2,4-5H. The van der Waals surface area contributed by atoms with Crippen LogP contribution in [0.4, 0.5) is 0 Å². The Morgan fingerprint density at radius 3 is 2.59 bits per heavy atom. The summed E-state index contributed by atoms with van der Waals surface area (Å²) in [6, 6.07) is 5.12. The van der Waals surface area contributed by atoms with E-state index in [2.05, 4.69) is 9.97 Å². The lowest BCUT2D eigenvalue weighted by molar-refractivity contribution is 1.14. The van der Waals surface area contributed by atoms with Crippen LogP contribution in [0.5, 0.6) is 0 Å². The molecule has 0 N–H and O–H groups in total. The minimum absolute atomic E-state index is 0.222. The lowest BCUT2D eigenvalue weighted by Gasteiger charge is -2.07. The van der Waals surface area contributed by atoms with E-state index in [1.807, 2.05) is 6.07 Å². The molecule has 0 saturated carbocycles. The van der Waals surface area contributed by atoms with E-state index in [0.717, 1.165) is 0 Å². The summed E-state index contributed by atoms with van der Waals surface area (Å²) in [5.74, 6) is 0. The van der Waals surface area contributed by atoms with Crippen molar-refractivity contribution >= 4 is 34.8 Å². The van der Waals surface area contributed by atoms with Crippen LogP contribution in [0.1, 0.15) is 5.69 Å². The third-order valence-corrected chi connectivity index (χ3v) is 3.12. The van der Waals surface area contributed by atoms with Gasteiger partial charge in [-0.25, -0.2) is 9.97 Å². The minimum Gasteiger partial charge on any atom is -0.244 e. The van der Waals surface area contributed by atoms with Gasteiger partial charge in [0.15, 0.2) is 5.69 Å². The van der Waals surface area contributed by atoms with Crippen LogP contribution in [-0.2, 0) is 0 Å². The highest BCUT2D eigenvalue weighted by Crippen LogP contribution is 2.36. The Morgan fingerprint density at radius 2 is 1.88 bits per heavy atom. The van der Waals surface area contributed by atoms with Crippen molar-refractivity contribution in [1.82, 2.24) is 9.97 Å². The largest absolute Gasteiger partial charge is 0.244 e. The van der Waals surface area contributed by atoms with E-state index in [1.165, 1.54) is 18.6 Å². The molecule has 1 aromatic heterocycles. The molecule has 1 heterocycles. The maximum Gasteiger partial charge on any atom is 0.151 e. The number of hydrogen-bond acceptors (Lipinski definition) is 3. The van der Waals surface area contributed by atoms with Gasteiger partial charge in [-0.2, -0.15) is 5.26 Å². The first kappa shape index (κ1) is 12.1. The fourth-order valence-corrected chi connectivity index (χ4v) is 2.07. The molecule has 0 saturated heterocycles. The number of halogens is 3. The Kier molecular flexibility index (Phi) is 3.49. The van der Waals surface area contributed by atoms with Crippen molar-refractivity contribution in [2.75, 3.05) is 0 Å². The molecule has 0 fully saturated rings. The quantitative estimate of drug-likeness (QED) is 0.744. The first-order valence-electron chi connectivity index (χ1n) is 4.48. The van der Waals surface area contributed by atoms with Gasteiger partial charge >= 0.3 is 0 Å². The van der Waals surface area contributed by atoms with Crippen LogP contribution in [-0.4, -0.2) is 9.97 Å². The molecule has 0 aliphatic rings. The van der Waals surface area contributed by atoms with Crippen molar-refractivity contribution < 1.29 is 0 Å². The molecular weight excluding hydrogens is 281 g/mol. The number of aromatic nitrogens is 2. The summed E-state index contributed by atoms with van der Waals surface area (Å²) in [5, 5.41) is 10.0. The van der Waals surface area contributed by atoms with Crippen LogP contribution in [0.15, 0.2) is 24.7 Å². The molecule has 0 unspecified atom stereocenters. The number of hydrogen-bond donors (Lipinski definition) is 0. The van der Waals surface area contributed by atoms with E-state index in [0.29, 0.717) is 26.2 Å². The van der Waals surface area contributed by atoms with Gasteiger partial charge in [-0.3, -0.25) is 0 Å². The molecule has 6 heteroatoms. The van der Waals surface area contributed by atoms with Gasteiger partial charge in [0.1, 0.15) is 12.4 Å². The van der Waals surface area contributed by atoms with E-state index in [9.17, 15) is 0 Å². The fraction of sp³-hybridized carbons (Fsp3) is 0. The summed E-state index contributed by atoms with van der Waals surface area (Å²) in [7, 11) is 0. The van der Waals surface area contributed by atoms with E-state index in [4.69, 9.17) is 40.1 Å². The second-order valence-corrected chi connectivity index (χ2v) is 4.37. The lowest BCUT2D eigenvalue weighted by atomic mass is 10.1. The highest BCUT2D eigenvalue weighted by Gasteiger charge is 2.13. The first-order chi connectivity index (χ1) is 8.13. The third-order valence-electron chi connectivity index (χ3n) is 2.10. The van der Waals surface area contributed by atoms with E-state index in [-0.39, 0.29) is 5.69 Å². The molecule has 3 nitrogen and oxygen atoms in total. The molecule has 0 spiro atoms. The summed E-state index contributed by atoms with van der Waals surface area (Å²) >= 11 is 17.9. The molecule has 2 aromatic rings. The van der Waals surface area contributed by atoms with Gasteiger partial charge in [0.25, 0.3) is 0 Å². The molecule has 0 aliphatic carbocycles. The molecule has 17 heavy (non-hydrogen) atoms. The fourth-order valence-electron chi connectivity index (χ4n) is 1.37.